The van der Waals surface area contributed by atoms with Gasteiger partial charge in [0.1, 0.15) is 5.82 Å². The fraction of sp³-hybridized carbons (Fsp3) is 0.294. The van der Waals surface area contributed by atoms with Crippen LogP contribution in [0.5, 0.6) is 0 Å². The summed E-state index contributed by atoms with van der Waals surface area (Å²) in [5.41, 5.74) is 0.947. The van der Waals surface area contributed by atoms with Crippen LogP contribution in [0.1, 0.15) is 5.56 Å². The van der Waals surface area contributed by atoms with Gasteiger partial charge in [0.05, 0.1) is 23.8 Å². The molecule has 0 bridgehead atoms. The zero-order chi connectivity index (χ0) is 17.9. The summed E-state index contributed by atoms with van der Waals surface area (Å²) in [5.74, 6) is -0.500. The molecule has 25 heavy (non-hydrogen) atoms. The number of halogens is 2. The van der Waals surface area contributed by atoms with Gasteiger partial charge in [-0.15, -0.1) is 0 Å². The summed E-state index contributed by atoms with van der Waals surface area (Å²) in [6, 6.07) is 9.94. The van der Waals surface area contributed by atoms with Gasteiger partial charge >= 0.3 is 0 Å². The maximum absolute atomic E-state index is 13.7. The molecule has 1 fully saturated rings. The van der Waals surface area contributed by atoms with Crippen molar-refractivity contribution in [1.29, 1.82) is 0 Å². The van der Waals surface area contributed by atoms with Gasteiger partial charge in [0.15, 0.2) is 0 Å². The van der Waals surface area contributed by atoms with E-state index in [0.29, 0.717) is 30.3 Å². The number of benzene rings is 2. The monoisotopic (exact) mass is 384 g/mol. The van der Waals surface area contributed by atoms with E-state index in [1.54, 1.807) is 6.07 Å². The number of nitrogens with one attached hydrogen (secondary N) is 1. The molecule has 134 valence electrons. The van der Waals surface area contributed by atoms with Gasteiger partial charge in [-0.1, -0.05) is 17.7 Å². The second kappa shape index (κ2) is 7.70. The highest BCUT2D eigenvalue weighted by Gasteiger charge is 2.18. The molecule has 2 aromatic carbocycles. The number of morpholine rings is 1. The smallest absolute Gasteiger partial charge is 0.261 e. The van der Waals surface area contributed by atoms with E-state index in [2.05, 4.69) is 9.62 Å². The van der Waals surface area contributed by atoms with Crippen LogP contribution in [0.15, 0.2) is 47.4 Å². The minimum atomic E-state index is -3.83. The van der Waals surface area contributed by atoms with E-state index in [1.807, 2.05) is 0 Å². The lowest BCUT2D eigenvalue weighted by Crippen LogP contribution is -2.35. The number of hydrogen-bond donors (Lipinski definition) is 1. The van der Waals surface area contributed by atoms with Crippen molar-refractivity contribution in [2.24, 2.45) is 0 Å². The number of hydrogen-bond acceptors (Lipinski definition) is 4. The van der Waals surface area contributed by atoms with Crippen LogP contribution < -0.4 is 4.72 Å². The Morgan fingerprint density at radius 2 is 1.80 bits per heavy atom. The van der Waals surface area contributed by atoms with Crippen molar-refractivity contribution < 1.29 is 17.5 Å². The Hall–Kier alpha value is -1.67. The summed E-state index contributed by atoms with van der Waals surface area (Å²) >= 11 is 5.80. The molecule has 0 atom stereocenters. The lowest BCUT2D eigenvalue weighted by atomic mass is 10.1. The molecule has 0 spiro atoms. The minimum absolute atomic E-state index is 0.0680. The molecule has 0 aromatic heterocycles. The second-order valence-electron chi connectivity index (χ2n) is 5.75. The topological polar surface area (TPSA) is 58.6 Å². The number of ether oxygens (including phenoxy) is 1. The summed E-state index contributed by atoms with van der Waals surface area (Å²) in [4.78, 5) is 2.20. The Kier molecular flexibility index (Phi) is 5.58. The summed E-state index contributed by atoms with van der Waals surface area (Å²) in [6.45, 7) is 3.28. The summed E-state index contributed by atoms with van der Waals surface area (Å²) in [7, 11) is -3.83. The first-order chi connectivity index (χ1) is 11.9. The Bertz CT molecular complexity index is 837. The van der Waals surface area contributed by atoms with Crippen LogP contribution in [0.25, 0.3) is 0 Å². The molecular formula is C17H18ClFN2O3S. The molecule has 8 heteroatoms. The molecule has 0 radical (unpaired) electrons. The van der Waals surface area contributed by atoms with Gasteiger partial charge in [0.2, 0.25) is 0 Å². The molecule has 0 amide bonds. The van der Waals surface area contributed by atoms with Crippen LogP contribution in [0.3, 0.4) is 0 Å². The second-order valence-corrected chi connectivity index (χ2v) is 7.87. The average Bonchev–Trinajstić information content (AvgIpc) is 2.58. The first-order valence-electron chi connectivity index (χ1n) is 7.81. The third-order valence-electron chi connectivity index (χ3n) is 3.94. The van der Waals surface area contributed by atoms with Gasteiger partial charge in [-0.3, -0.25) is 9.62 Å². The average molecular weight is 385 g/mol. The van der Waals surface area contributed by atoms with Crippen molar-refractivity contribution in [3.05, 3.63) is 58.9 Å². The van der Waals surface area contributed by atoms with Gasteiger partial charge in [0.25, 0.3) is 10.0 Å². The Balaban J connectivity index is 1.85. The van der Waals surface area contributed by atoms with E-state index in [1.165, 1.54) is 36.4 Å². The number of nitrogens with zero attached hydrogens (tertiary/aromatic N) is 1. The lowest BCUT2D eigenvalue weighted by molar-refractivity contribution is 0.0342. The van der Waals surface area contributed by atoms with Crippen LogP contribution in [0.2, 0.25) is 5.02 Å². The maximum atomic E-state index is 13.7. The van der Waals surface area contributed by atoms with E-state index in [9.17, 15) is 12.8 Å². The molecule has 0 aliphatic carbocycles. The number of rotatable bonds is 5. The van der Waals surface area contributed by atoms with Crippen molar-refractivity contribution in [3.8, 4) is 0 Å². The predicted octanol–water partition coefficient (Wildman–Crippen LogP) is 3.11. The molecule has 3 rings (SSSR count). The molecule has 2 aromatic rings. The number of sulfonamides is 1. The molecule has 5 nitrogen and oxygen atoms in total. The largest absolute Gasteiger partial charge is 0.379 e. The van der Waals surface area contributed by atoms with Crippen molar-refractivity contribution >= 4 is 27.3 Å². The standard InChI is InChI=1S/C17H18ClFN2O3S/c18-14-2-5-16(6-3-14)25(22,23)20-17-11-15(19)4-1-13(17)12-21-7-9-24-10-8-21/h1-6,11,20H,7-10,12H2. The SMILES string of the molecule is O=S(=O)(Nc1cc(F)ccc1CN1CCOCC1)c1ccc(Cl)cc1. The highest BCUT2D eigenvalue weighted by atomic mass is 35.5. The van der Waals surface area contributed by atoms with E-state index in [-0.39, 0.29) is 10.6 Å². The predicted molar refractivity (Wildman–Crippen MR) is 94.8 cm³/mol. The third-order valence-corrected chi connectivity index (χ3v) is 5.57. The van der Waals surface area contributed by atoms with Gasteiger partial charge in [-0.05, 0) is 42.0 Å². The van der Waals surface area contributed by atoms with Gasteiger partial charge in [-0.2, -0.15) is 0 Å². The Morgan fingerprint density at radius 3 is 2.48 bits per heavy atom. The van der Waals surface area contributed by atoms with E-state index in [4.69, 9.17) is 16.3 Å². The summed E-state index contributed by atoms with van der Waals surface area (Å²) < 4.78 is 46.6. The van der Waals surface area contributed by atoms with E-state index >= 15 is 0 Å². The summed E-state index contributed by atoms with van der Waals surface area (Å²) in [6.07, 6.45) is 0. The van der Waals surface area contributed by atoms with Crippen LogP contribution >= 0.6 is 11.6 Å². The quantitative estimate of drug-likeness (QED) is 0.860. The molecule has 1 aliphatic heterocycles. The first-order valence-corrected chi connectivity index (χ1v) is 9.67. The number of anilines is 1. The molecular weight excluding hydrogens is 367 g/mol. The van der Waals surface area contributed by atoms with Crippen LogP contribution in [-0.2, 0) is 21.3 Å². The third kappa shape index (κ3) is 4.70. The zero-order valence-corrected chi connectivity index (χ0v) is 15.0. The van der Waals surface area contributed by atoms with Crippen LogP contribution in [-0.4, -0.2) is 39.6 Å². The molecule has 0 saturated carbocycles. The normalized spacial score (nSPS) is 15.9. The highest BCUT2D eigenvalue weighted by molar-refractivity contribution is 7.92. The lowest BCUT2D eigenvalue weighted by Gasteiger charge is -2.27. The highest BCUT2D eigenvalue weighted by Crippen LogP contribution is 2.24. The zero-order valence-electron chi connectivity index (χ0n) is 13.4. The van der Waals surface area contributed by atoms with Crippen molar-refractivity contribution in [2.45, 2.75) is 11.4 Å². The van der Waals surface area contributed by atoms with Crippen LogP contribution in [0, 0.1) is 5.82 Å². The Labute approximate surface area is 151 Å². The molecule has 1 aliphatic rings. The Morgan fingerprint density at radius 1 is 1.12 bits per heavy atom. The first kappa shape index (κ1) is 18.1. The van der Waals surface area contributed by atoms with Gasteiger partial charge in [0, 0.05) is 24.7 Å². The van der Waals surface area contributed by atoms with Gasteiger partial charge in [-0.25, -0.2) is 12.8 Å². The van der Waals surface area contributed by atoms with Crippen molar-refractivity contribution in [1.82, 2.24) is 4.90 Å². The minimum Gasteiger partial charge on any atom is -0.379 e. The van der Waals surface area contributed by atoms with Crippen molar-refractivity contribution in [2.75, 3.05) is 31.0 Å². The fourth-order valence-electron chi connectivity index (χ4n) is 2.60. The van der Waals surface area contributed by atoms with Gasteiger partial charge < -0.3 is 4.74 Å². The molecule has 0 unspecified atom stereocenters. The fourth-order valence-corrected chi connectivity index (χ4v) is 3.82. The molecule has 1 saturated heterocycles. The van der Waals surface area contributed by atoms with E-state index in [0.717, 1.165) is 13.1 Å². The molecule has 1 heterocycles. The maximum Gasteiger partial charge on any atom is 0.261 e. The van der Waals surface area contributed by atoms with Crippen LogP contribution in [0.4, 0.5) is 10.1 Å². The van der Waals surface area contributed by atoms with Crippen molar-refractivity contribution in [3.63, 3.8) is 0 Å². The van der Waals surface area contributed by atoms with E-state index < -0.39 is 15.8 Å². The molecule has 1 N–H and O–H groups in total. The summed E-state index contributed by atoms with van der Waals surface area (Å²) in [5, 5.41) is 0.442.